The molecule has 0 bridgehead atoms. The van der Waals surface area contributed by atoms with Gasteiger partial charge in [-0.3, -0.25) is 10.1 Å². The van der Waals surface area contributed by atoms with Gasteiger partial charge in [0.2, 0.25) is 0 Å². The topological polar surface area (TPSA) is 76.2 Å². The fourth-order valence-electron chi connectivity index (χ4n) is 1.88. The highest BCUT2D eigenvalue weighted by Gasteiger charge is 2.14. The van der Waals surface area contributed by atoms with Gasteiger partial charge in [0.05, 0.1) is 4.92 Å². The fourth-order valence-corrected chi connectivity index (χ4v) is 1.88. The summed E-state index contributed by atoms with van der Waals surface area (Å²) in [5.41, 5.74) is 0.958. The maximum atomic E-state index is 10.8. The number of nitrogens with zero attached hydrogens (tertiary/aromatic N) is 2. The zero-order valence-electron chi connectivity index (χ0n) is 11.7. The Morgan fingerprint density at radius 3 is 2.29 bits per heavy atom. The van der Waals surface area contributed by atoms with Gasteiger partial charge < -0.3 is 4.74 Å². The van der Waals surface area contributed by atoms with Crippen molar-refractivity contribution in [3.63, 3.8) is 0 Å². The molecule has 0 aliphatic heterocycles. The van der Waals surface area contributed by atoms with Crippen LogP contribution in [0.1, 0.15) is 30.9 Å². The first-order valence-corrected chi connectivity index (χ1v) is 6.47. The standard InChI is InChI=1S/C16H14N2O3/c1-11(2)12-3-5-14(6-4-12)21-15-7-8-16(18(19)20)13(9-15)10-17/h3-9,11H,1-2H3. The Labute approximate surface area is 122 Å². The van der Waals surface area contributed by atoms with Crippen LogP contribution in [0.15, 0.2) is 42.5 Å². The van der Waals surface area contributed by atoms with Crippen molar-refractivity contribution in [1.82, 2.24) is 0 Å². The van der Waals surface area contributed by atoms with Gasteiger partial charge in [0, 0.05) is 12.1 Å². The molecule has 0 aliphatic carbocycles. The third-order valence-corrected chi connectivity index (χ3v) is 3.07. The molecule has 0 N–H and O–H groups in total. The molecule has 0 saturated carbocycles. The summed E-state index contributed by atoms with van der Waals surface area (Å²) in [4.78, 5) is 10.2. The number of nitriles is 1. The predicted molar refractivity (Wildman–Crippen MR) is 78.4 cm³/mol. The maximum Gasteiger partial charge on any atom is 0.287 e. The van der Waals surface area contributed by atoms with Crippen LogP contribution < -0.4 is 4.74 Å². The average Bonchev–Trinajstić information content (AvgIpc) is 2.47. The summed E-state index contributed by atoms with van der Waals surface area (Å²) in [7, 11) is 0. The molecule has 2 aromatic carbocycles. The van der Waals surface area contributed by atoms with Crippen molar-refractivity contribution in [1.29, 1.82) is 5.26 Å². The molecule has 0 fully saturated rings. The molecule has 0 amide bonds. The molecule has 5 nitrogen and oxygen atoms in total. The van der Waals surface area contributed by atoms with Crippen molar-refractivity contribution in [3.05, 3.63) is 63.7 Å². The molecule has 0 aliphatic rings. The van der Waals surface area contributed by atoms with Gasteiger partial charge in [-0.15, -0.1) is 0 Å². The third-order valence-electron chi connectivity index (χ3n) is 3.07. The van der Waals surface area contributed by atoms with Gasteiger partial charge in [-0.25, -0.2) is 0 Å². The summed E-state index contributed by atoms with van der Waals surface area (Å²) < 4.78 is 5.62. The lowest BCUT2D eigenvalue weighted by atomic mass is 10.0. The smallest absolute Gasteiger partial charge is 0.287 e. The molecule has 0 atom stereocenters. The quantitative estimate of drug-likeness (QED) is 0.615. The first-order chi connectivity index (χ1) is 10.0. The number of hydrogen-bond acceptors (Lipinski definition) is 4. The Kier molecular flexibility index (Phi) is 4.19. The van der Waals surface area contributed by atoms with Crippen LogP contribution in [-0.4, -0.2) is 4.92 Å². The van der Waals surface area contributed by atoms with E-state index in [9.17, 15) is 10.1 Å². The van der Waals surface area contributed by atoms with Crippen LogP contribution in [0.25, 0.3) is 0 Å². The van der Waals surface area contributed by atoms with Crippen molar-refractivity contribution < 1.29 is 9.66 Å². The van der Waals surface area contributed by atoms with E-state index in [0.717, 1.165) is 0 Å². The normalized spacial score (nSPS) is 10.2. The molecule has 2 rings (SSSR count). The number of ether oxygens (including phenoxy) is 1. The van der Waals surface area contributed by atoms with Crippen LogP contribution in [0.5, 0.6) is 11.5 Å². The molecular formula is C16H14N2O3. The molecule has 5 heteroatoms. The van der Waals surface area contributed by atoms with Gasteiger partial charge in [-0.1, -0.05) is 26.0 Å². The Hall–Kier alpha value is -2.87. The monoisotopic (exact) mass is 282 g/mol. The van der Waals surface area contributed by atoms with Crippen LogP contribution >= 0.6 is 0 Å². The predicted octanol–water partition coefficient (Wildman–Crippen LogP) is 4.38. The van der Waals surface area contributed by atoms with Crippen LogP contribution in [0.4, 0.5) is 5.69 Å². The summed E-state index contributed by atoms with van der Waals surface area (Å²) in [6.45, 7) is 4.21. The highest BCUT2D eigenvalue weighted by Crippen LogP contribution is 2.28. The maximum absolute atomic E-state index is 10.8. The van der Waals surface area contributed by atoms with E-state index in [1.165, 1.54) is 23.8 Å². The second-order valence-corrected chi connectivity index (χ2v) is 4.87. The highest BCUT2D eigenvalue weighted by atomic mass is 16.6. The minimum absolute atomic E-state index is 0.0173. The number of benzene rings is 2. The van der Waals surface area contributed by atoms with E-state index >= 15 is 0 Å². The lowest BCUT2D eigenvalue weighted by molar-refractivity contribution is -0.385. The van der Waals surface area contributed by atoms with E-state index in [1.54, 1.807) is 6.07 Å². The molecule has 2 aromatic rings. The van der Waals surface area contributed by atoms with Crippen LogP contribution in [0.2, 0.25) is 0 Å². The minimum atomic E-state index is -0.584. The minimum Gasteiger partial charge on any atom is -0.457 e. The summed E-state index contributed by atoms with van der Waals surface area (Å²) in [6, 6.07) is 13.5. The zero-order valence-corrected chi connectivity index (χ0v) is 11.7. The van der Waals surface area contributed by atoms with E-state index in [2.05, 4.69) is 13.8 Å². The number of hydrogen-bond donors (Lipinski definition) is 0. The van der Waals surface area contributed by atoms with Gasteiger partial charge >= 0.3 is 0 Å². The third kappa shape index (κ3) is 3.37. The number of nitro benzene ring substituents is 1. The van der Waals surface area contributed by atoms with Crippen LogP contribution in [0.3, 0.4) is 0 Å². The lowest BCUT2D eigenvalue weighted by Crippen LogP contribution is -1.93. The van der Waals surface area contributed by atoms with Gasteiger partial charge in [-0.05, 0) is 29.7 Å². The molecule has 106 valence electrons. The molecule has 21 heavy (non-hydrogen) atoms. The van der Waals surface area contributed by atoms with Crippen LogP contribution in [-0.2, 0) is 0 Å². The largest absolute Gasteiger partial charge is 0.457 e. The van der Waals surface area contributed by atoms with E-state index in [1.807, 2.05) is 24.3 Å². The average molecular weight is 282 g/mol. The lowest BCUT2D eigenvalue weighted by Gasteiger charge is -2.08. The zero-order chi connectivity index (χ0) is 15.4. The molecule has 0 spiro atoms. The molecule has 0 unspecified atom stereocenters. The fraction of sp³-hybridized carbons (Fsp3) is 0.188. The van der Waals surface area contributed by atoms with E-state index in [0.29, 0.717) is 17.4 Å². The molecular weight excluding hydrogens is 268 g/mol. The van der Waals surface area contributed by atoms with E-state index in [-0.39, 0.29) is 11.3 Å². The van der Waals surface area contributed by atoms with E-state index < -0.39 is 4.92 Å². The first-order valence-electron chi connectivity index (χ1n) is 6.47. The van der Waals surface area contributed by atoms with Crippen molar-refractivity contribution in [2.75, 3.05) is 0 Å². The Morgan fingerprint density at radius 2 is 1.76 bits per heavy atom. The van der Waals surface area contributed by atoms with Crippen molar-refractivity contribution in [3.8, 4) is 17.6 Å². The van der Waals surface area contributed by atoms with Crippen LogP contribution in [0, 0.1) is 21.4 Å². The molecule has 0 radical (unpaired) electrons. The Balaban J connectivity index is 2.24. The highest BCUT2D eigenvalue weighted by molar-refractivity contribution is 5.52. The van der Waals surface area contributed by atoms with Crippen molar-refractivity contribution in [2.24, 2.45) is 0 Å². The Morgan fingerprint density at radius 1 is 1.14 bits per heavy atom. The number of rotatable bonds is 4. The number of nitro groups is 1. The van der Waals surface area contributed by atoms with Gasteiger partial charge in [0.1, 0.15) is 23.1 Å². The Bertz CT molecular complexity index is 700. The summed E-state index contributed by atoms with van der Waals surface area (Å²) >= 11 is 0. The van der Waals surface area contributed by atoms with E-state index in [4.69, 9.17) is 10.00 Å². The second-order valence-electron chi connectivity index (χ2n) is 4.87. The first kappa shape index (κ1) is 14.5. The molecule has 0 heterocycles. The van der Waals surface area contributed by atoms with Gasteiger partial charge in [0.25, 0.3) is 5.69 Å². The van der Waals surface area contributed by atoms with Crippen molar-refractivity contribution >= 4 is 5.69 Å². The summed E-state index contributed by atoms with van der Waals surface area (Å²) in [5, 5.41) is 19.7. The van der Waals surface area contributed by atoms with Gasteiger partial charge in [-0.2, -0.15) is 5.26 Å². The van der Waals surface area contributed by atoms with Crippen molar-refractivity contribution in [2.45, 2.75) is 19.8 Å². The summed E-state index contributed by atoms with van der Waals surface area (Å²) in [5.74, 6) is 1.45. The second kappa shape index (κ2) is 6.06. The SMILES string of the molecule is CC(C)c1ccc(Oc2ccc([N+](=O)[O-])c(C#N)c2)cc1. The summed E-state index contributed by atoms with van der Waals surface area (Å²) in [6.07, 6.45) is 0. The molecule has 0 aromatic heterocycles. The molecule has 0 saturated heterocycles. The van der Waals surface area contributed by atoms with Gasteiger partial charge in [0.15, 0.2) is 0 Å².